The van der Waals surface area contributed by atoms with Crippen LogP contribution in [-0.4, -0.2) is 104 Å². The van der Waals surface area contributed by atoms with Crippen LogP contribution in [0.4, 0.5) is 38.9 Å². The number of alkyl carbamates (subject to hydrolysis) is 1. The number of methoxy groups -OCH3 is 3. The lowest BCUT2D eigenvalue weighted by atomic mass is 10.1. The van der Waals surface area contributed by atoms with Gasteiger partial charge in [0.1, 0.15) is 17.3 Å². The number of hydrogen-bond acceptors (Lipinski definition) is 9. The minimum absolute atomic E-state index is 0.0123. The van der Waals surface area contributed by atoms with E-state index in [0.717, 1.165) is 12.1 Å². The van der Waals surface area contributed by atoms with Gasteiger partial charge in [-0.05, 0) is 55.8 Å². The highest BCUT2D eigenvalue weighted by atomic mass is 19.2. The van der Waals surface area contributed by atoms with Gasteiger partial charge in [0.2, 0.25) is 0 Å². The van der Waals surface area contributed by atoms with Crippen LogP contribution in [-0.2, 0) is 4.74 Å². The number of hydrogen-bond donors (Lipinski definition) is 2. The normalized spacial score (nSPS) is 16.2. The molecule has 0 aliphatic carbocycles. The molecule has 15 nitrogen and oxygen atoms in total. The Morgan fingerprint density at radius 2 is 1.59 bits per heavy atom. The Balaban J connectivity index is 1.37. The number of urea groups is 2. The maximum Gasteiger partial charge on any atom is 0.407 e. The average Bonchev–Trinajstić information content (AvgIpc) is 3.64. The summed E-state index contributed by atoms with van der Waals surface area (Å²) < 4.78 is 59.7. The molecule has 54 heavy (non-hydrogen) atoms. The van der Waals surface area contributed by atoms with Crippen molar-refractivity contribution in [3.63, 3.8) is 0 Å². The van der Waals surface area contributed by atoms with E-state index in [-0.39, 0.29) is 72.1 Å². The highest BCUT2D eigenvalue weighted by Crippen LogP contribution is 2.37. The van der Waals surface area contributed by atoms with Crippen molar-refractivity contribution in [2.75, 3.05) is 75.8 Å². The Morgan fingerprint density at radius 3 is 2.26 bits per heavy atom. The van der Waals surface area contributed by atoms with E-state index in [1.807, 2.05) is 0 Å². The molecule has 286 valence electrons. The van der Waals surface area contributed by atoms with Crippen molar-refractivity contribution in [1.82, 2.24) is 24.8 Å². The lowest BCUT2D eigenvalue weighted by molar-refractivity contribution is 0.152. The molecule has 0 radical (unpaired) electrons. The third-order valence-electron chi connectivity index (χ3n) is 9.41. The van der Waals surface area contributed by atoms with Crippen LogP contribution < -0.4 is 35.6 Å². The number of fused-ring (bicyclic) bond motifs is 1. The number of nitrogens with zero attached hydrogens (tertiary/aromatic N) is 6. The van der Waals surface area contributed by atoms with Crippen LogP contribution in [0.25, 0.3) is 10.9 Å². The molecule has 0 bridgehead atoms. The SMILES string of the molecule is COC(=O)NC1CCN(C(=O)N2CCN(n3c(C(C)N(C(=O)Nc4ccc(F)cc4)c4ccc(OC)cc4OC)nc4cc(F)c(F)cc4c3=O)CC2)C1. The molecule has 0 saturated carbocycles. The zero-order valence-electron chi connectivity index (χ0n) is 30.0. The molecular weight excluding hydrogens is 713 g/mol. The Kier molecular flexibility index (Phi) is 11.0. The van der Waals surface area contributed by atoms with Crippen molar-refractivity contribution in [2.24, 2.45) is 0 Å². The number of piperazine rings is 1. The summed E-state index contributed by atoms with van der Waals surface area (Å²) in [5.74, 6) is -2.33. The largest absolute Gasteiger partial charge is 0.497 e. The fourth-order valence-electron chi connectivity index (χ4n) is 6.61. The van der Waals surface area contributed by atoms with Gasteiger partial charge < -0.3 is 39.7 Å². The van der Waals surface area contributed by atoms with E-state index in [9.17, 15) is 32.3 Å². The highest BCUT2D eigenvalue weighted by Gasteiger charge is 2.35. The van der Waals surface area contributed by atoms with Crippen LogP contribution in [0.3, 0.4) is 0 Å². The van der Waals surface area contributed by atoms with Crippen molar-refractivity contribution in [3.05, 3.63) is 88.2 Å². The van der Waals surface area contributed by atoms with Gasteiger partial charge in [0, 0.05) is 44.0 Å². The van der Waals surface area contributed by atoms with Gasteiger partial charge in [0.15, 0.2) is 17.5 Å². The van der Waals surface area contributed by atoms with Gasteiger partial charge in [-0.3, -0.25) is 9.69 Å². The molecule has 2 aliphatic rings. The second-order valence-corrected chi connectivity index (χ2v) is 12.7. The third kappa shape index (κ3) is 7.62. The van der Waals surface area contributed by atoms with Crippen molar-refractivity contribution in [1.29, 1.82) is 0 Å². The van der Waals surface area contributed by atoms with Crippen LogP contribution in [0, 0.1) is 17.5 Å². The lowest BCUT2D eigenvalue weighted by Crippen LogP contribution is -2.58. The number of amides is 5. The predicted octanol–water partition coefficient (Wildman–Crippen LogP) is 4.43. The zero-order valence-corrected chi connectivity index (χ0v) is 30.0. The summed E-state index contributed by atoms with van der Waals surface area (Å²) in [5.41, 5.74) is -0.371. The van der Waals surface area contributed by atoms with Crippen molar-refractivity contribution >= 4 is 40.4 Å². The number of nitrogens with one attached hydrogen (secondary N) is 2. The Morgan fingerprint density at radius 1 is 0.889 bits per heavy atom. The summed E-state index contributed by atoms with van der Waals surface area (Å²) >= 11 is 0. The molecule has 2 atom stereocenters. The fraction of sp³-hybridized carbons (Fsp3) is 0.361. The molecule has 3 heterocycles. The lowest BCUT2D eigenvalue weighted by Gasteiger charge is -2.40. The maximum absolute atomic E-state index is 14.6. The number of carbonyl (C=O) groups is 3. The second-order valence-electron chi connectivity index (χ2n) is 12.7. The van der Waals surface area contributed by atoms with Crippen LogP contribution in [0.1, 0.15) is 25.2 Å². The zero-order chi connectivity index (χ0) is 38.7. The molecule has 2 unspecified atom stereocenters. The Hall–Kier alpha value is -6.20. The first kappa shape index (κ1) is 37.6. The number of halogens is 3. The number of likely N-dealkylation sites (tertiary alicyclic amines) is 1. The van der Waals surface area contributed by atoms with Gasteiger partial charge >= 0.3 is 18.2 Å². The van der Waals surface area contributed by atoms with E-state index in [2.05, 4.69) is 20.4 Å². The first-order valence-electron chi connectivity index (χ1n) is 17.1. The van der Waals surface area contributed by atoms with E-state index in [1.54, 1.807) is 39.9 Å². The summed E-state index contributed by atoms with van der Waals surface area (Å²) in [7, 11) is 4.13. The first-order valence-corrected chi connectivity index (χ1v) is 17.1. The molecule has 5 amide bonds. The summed E-state index contributed by atoms with van der Waals surface area (Å²) in [6.07, 6.45) is -0.0244. The van der Waals surface area contributed by atoms with Gasteiger partial charge in [-0.1, -0.05) is 0 Å². The number of rotatable bonds is 8. The molecule has 4 aromatic rings. The molecule has 6 rings (SSSR count). The van der Waals surface area contributed by atoms with E-state index >= 15 is 0 Å². The van der Waals surface area contributed by atoms with Crippen LogP contribution in [0.2, 0.25) is 0 Å². The number of ether oxygens (including phenoxy) is 3. The van der Waals surface area contributed by atoms with Crippen molar-refractivity contribution < 1.29 is 41.8 Å². The number of anilines is 2. The van der Waals surface area contributed by atoms with E-state index in [1.165, 1.54) is 55.2 Å². The Bertz CT molecular complexity index is 2110. The van der Waals surface area contributed by atoms with E-state index in [4.69, 9.17) is 9.47 Å². The Labute approximate surface area is 307 Å². The highest BCUT2D eigenvalue weighted by molar-refractivity contribution is 6.03. The molecule has 3 aromatic carbocycles. The van der Waals surface area contributed by atoms with Crippen LogP contribution in [0.5, 0.6) is 11.5 Å². The van der Waals surface area contributed by atoms with Crippen molar-refractivity contribution in [3.8, 4) is 11.5 Å². The van der Waals surface area contributed by atoms with Gasteiger partial charge in [0.05, 0.1) is 63.1 Å². The second kappa shape index (κ2) is 15.8. The molecule has 0 spiro atoms. The molecule has 2 fully saturated rings. The predicted molar refractivity (Wildman–Crippen MR) is 192 cm³/mol. The quantitative estimate of drug-likeness (QED) is 0.267. The van der Waals surface area contributed by atoms with Gasteiger partial charge in [-0.15, -0.1) is 0 Å². The standard InChI is InChI=1S/C36H39F3N8O7/c1-21(46(30-10-9-25(52-2)17-31(30)53-3)34(49)40-23-7-5-22(37)6-8-23)32-42-29-19-28(39)27(38)18-26(29)33(48)47(32)45-15-13-43(14-16-45)36(51)44-12-11-24(20-44)41-35(50)54-4/h5-10,17-19,21,24H,11-16,20H2,1-4H3,(H,40,49)(H,41,50). The molecule has 2 aliphatic heterocycles. The summed E-state index contributed by atoms with van der Waals surface area (Å²) in [4.78, 5) is 62.9. The van der Waals surface area contributed by atoms with E-state index in [0.29, 0.717) is 25.3 Å². The van der Waals surface area contributed by atoms with E-state index < -0.39 is 41.2 Å². The minimum Gasteiger partial charge on any atom is -0.497 e. The molecule has 2 N–H and O–H groups in total. The first-order chi connectivity index (χ1) is 25.9. The molecule has 2 saturated heterocycles. The average molecular weight is 753 g/mol. The molecule has 1 aromatic heterocycles. The summed E-state index contributed by atoms with van der Waals surface area (Å²) in [6, 6.07) is 9.13. The fourth-order valence-corrected chi connectivity index (χ4v) is 6.61. The van der Waals surface area contributed by atoms with Crippen LogP contribution >= 0.6 is 0 Å². The monoisotopic (exact) mass is 752 g/mol. The maximum atomic E-state index is 14.6. The topological polar surface area (TPSA) is 151 Å². The number of carbonyl (C=O) groups excluding carboxylic acids is 3. The summed E-state index contributed by atoms with van der Waals surface area (Å²) in [6.45, 7) is 2.96. The number of benzene rings is 3. The van der Waals surface area contributed by atoms with Gasteiger partial charge in [-0.25, -0.2) is 37.2 Å². The number of aromatic nitrogens is 2. The minimum atomic E-state index is -1.24. The third-order valence-corrected chi connectivity index (χ3v) is 9.41. The van der Waals surface area contributed by atoms with Crippen molar-refractivity contribution in [2.45, 2.75) is 25.4 Å². The van der Waals surface area contributed by atoms with Gasteiger partial charge in [-0.2, -0.15) is 0 Å². The van der Waals surface area contributed by atoms with Gasteiger partial charge in [0.25, 0.3) is 5.56 Å². The smallest absolute Gasteiger partial charge is 0.407 e. The molecule has 18 heteroatoms. The summed E-state index contributed by atoms with van der Waals surface area (Å²) in [5, 5.41) is 6.89. The molecular formula is C36H39F3N8O7. The van der Waals surface area contributed by atoms with Crippen LogP contribution in [0.15, 0.2) is 59.4 Å².